The lowest BCUT2D eigenvalue weighted by Gasteiger charge is -2.45. The third kappa shape index (κ3) is 9.68. The Hall–Kier alpha value is -5.52. The van der Waals surface area contributed by atoms with Crippen molar-refractivity contribution in [3.63, 3.8) is 0 Å². The lowest BCUT2D eigenvalue weighted by atomic mass is 9.97. The maximum Gasteiger partial charge on any atom is 0.338 e. The molecule has 4 aliphatic heterocycles. The van der Waals surface area contributed by atoms with Crippen LogP contribution in [0.1, 0.15) is 69.1 Å². The normalized spacial score (nSPS) is 29.8. The zero-order valence-corrected chi connectivity index (χ0v) is 33.9. The second-order valence-electron chi connectivity index (χ2n) is 15.8. The van der Waals surface area contributed by atoms with Crippen molar-refractivity contribution in [3.8, 4) is 0 Å². The van der Waals surface area contributed by atoms with Crippen molar-refractivity contribution in [1.82, 2.24) is 0 Å². The molecule has 6 unspecified atom stereocenters. The van der Waals surface area contributed by atoms with Crippen LogP contribution in [0.15, 0.2) is 121 Å². The van der Waals surface area contributed by atoms with Crippen LogP contribution >= 0.6 is 0 Å². The van der Waals surface area contributed by atoms with Gasteiger partial charge in [-0.2, -0.15) is 0 Å². The van der Waals surface area contributed by atoms with E-state index in [2.05, 4.69) is 0 Å². The molecule has 4 aliphatic rings. The Kier molecular flexibility index (Phi) is 12.3. The van der Waals surface area contributed by atoms with Crippen LogP contribution in [0.5, 0.6) is 0 Å². The number of carbonyl (C=O) groups excluding carboxylic acids is 4. The molecule has 4 aromatic carbocycles. The Morgan fingerprint density at radius 1 is 0.525 bits per heavy atom. The summed E-state index contributed by atoms with van der Waals surface area (Å²) in [6.45, 7) is 6.58. The average molecular weight is 839 g/mol. The Balaban J connectivity index is 1.21. The van der Waals surface area contributed by atoms with Crippen LogP contribution in [0, 0.1) is 0 Å². The van der Waals surface area contributed by atoms with Gasteiger partial charge in [0.2, 0.25) is 0 Å². The first-order chi connectivity index (χ1) is 29.3. The first-order valence-electron chi connectivity index (χ1n) is 20.0. The van der Waals surface area contributed by atoms with Gasteiger partial charge in [-0.05, 0) is 76.2 Å². The summed E-state index contributed by atoms with van der Waals surface area (Å²) in [5.41, 5.74) is 0.699. The van der Waals surface area contributed by atoms with Gasteiger partial charge in [0.1, 0.15) is 37.1 Å². The number of carbonyl (C=O) groups is 4. The van der Waals surface area contributed by atoms with E-state index >= 15 is 0 Å². The van der Waals surface area contributed by atoms with Crippen LogP contribution in [0.3, 0.4) is 0 Å². The summed E-state index contributed by atoms with van der Waals surface area (Å²) in [6, 6.07) is 32.6. The number of fused-ring (bicyclic) bond motifs is 1. The van der Waals surface area contributed by atoms with Gasteiger partial charge in [0.05, 0.1) is 28.9 Å². The van der Waals surface area contributed by atoms with Gasteiger partial charge >= 0.3 is 23.9 Å². The highest BCUT2D eigenvalue weighted by atomic mass is 16.9. The van der Waals surface area contributed by atoms with E-state index in [4.69, 9.17) is 52.1 Å². The lowest BCUT2D eigenvalue weighted by molar-refractivity contribution is -0.322. The Morgan fingerprint density at radius 2 is 1.00 bits per heavy atom. The fourth-order valence-corrected chi connectivity index (χ4v) is 7.63. The highest BCUT2D eigenvalue weighted by Gasteiger charge is 2.62. The Bertz CT molecular complexity index is 2150. The number of hydrogen-bond donors (Lipinski definition) is 0. The second-order valence-corrected chi connectivity index (χ2v) is 15.8. The molecule has 0 aromatic heterocycles. The van der Waals surface area contributed by atoms with Crippen LogP contribution < -0.4 is 0 Å². The van der Waals surface area contributed by atoms with Crippen molar-refractivity contribution in [3.05, 3.63) is 144 Å². The van der Waals surface area contributed by atoms with Crippen LogP contribution in [0.25, 0.3) is 0 Å². The average Bonchev–Trinajstić information content (AvgIpc) is 3.90. The molecule has 320 valence electrons. The molecule has 0 saturated carbocycles. The van der Waals surface area contributed by atoms with E-state index in [9.17, 15) is 19.2 Å². The summed E-state index contributed by atoms with van der Waals surface area (Å²) >= 11 is 0. The smallest absolute Gasteiger partial charge is 0.338 e. The van der Waals surface area contributed by atoms with Crippen molar-refractivity contribution >= 4 is 23.9 Å². The fraction of sp³-hybridized carbons (Fsp3) is 0.391. The summed E-state index contributed by atoms with van der Waals surface area (Å²) in [4.78, 5) is 55.4. The molecular formula is C46H46O15. The molecule has 8 rings (SSSR count). The van der Waals surface area contributed by atoms with E-state index in [1.165, 1.54) is 24.3 Å². The maximum atomic E-state index is 14.1. The number of benzene rings is 4. The molecule has 10 atom stereocenters. The van der Waals surface area contributed by atoms with Gasteiger partial charge in [-0.25, -0.2) is 19.2 Å². The molecule has 0 aliphatic carbocycles. The van der Waals surface area contributed by atoms with Gasteiger partial charge in [-0.1, -0.05) is 72.8 Å². The Morgan fingerprint density at radius 3 is 1.49 bits per heavy atom. The van der Waals surface area contributed by atoms with Gasteiger partial charge < -0.3 is 52.1 Å². The molecule has 0 amide bonds. The van der Waals surface area contributed by atoms with E-state index in [-0.39, 0.29) is 28.9 Å². The van der Waals surface area contributed by atoms with Crippen molar-refractivity contribution < 1.29 is 71.3 Å². The molecule has 0 spiro atoms. The number of rotatable bonds is 12. The fourth-order valence-electron chi connectivity index (χ4n) is 7.63. The molecule has 61 heavy (non-hydrogen) atoms. The highest BCUT2D eigenvalue weighted by Crippen LogP contribution is 2.44. The topological polar surface area (TPSA) is 170 Å². The predicted octanol–water partition coefficient (Wildman–Crippen LogP) is 5.66. The van der Waals surface area contributed by atoms with Crippen LogP contribution in [-0.4, -0.2) is 110 Å². The standard InChI is InChI=1S/C46H46O15/c1-45(2)52-26-32(59-45)34-36(38-44(57-34)61-46(3,4)60-38)58-43-37(56-42(50)30-23-15-8-16-24-30)35(55-41(49)29-21-13-7-14-22-29)33(54-40(48)28-19-11-6-12-20-28)31(53-43)25-51-39(47)27-17-9-5-10-18-27/h5-24,31-38,43-44H,25-26H2,1-4H3/t31?,32?,33-,34-,35?,36?,37?,38?,43+,44-/m1/s1. The van der Waals surface area contributed by atoms with Crippen LogP contribution in [0.4, 0.5) is 0 Å². The molecule has 0 N–H and O–H groups in total. The first kappa shape index (κ1) is 42.2. The zero-order chi connectivity index (χ0) is 42.7. The van der Waals surface area contributed by atoms with Gasteiger partial charge in [0.15, 0.2) is 42.5 Å². The number of esters is 4. The molecule has 15 nitrogen and oxygen atoms in total. The van der Waals surface area contributed by atoms with E-state index in [0.29, 0.717) is 0 Å². The van der Waals surface area contributed by atoms with Crippen molar-refractivity contribution in [2.75, 3.05) is 13.2 Å². The molecule has 4 heterocycles. The third-order valence-corrected chi connectivity index (χ3v) is 10.5. The van der Waals surface area contributed by atoms with Gasteiger partial charge in [0, 0.05) is 0 Å². The summed E-state index contributed by atoms with van der Waals surface area (Å²) in [6.07, 6.45) is -12.2. The summed E-state index contributed by atoms with van der Waals surface area (Å²) in [7, 11) is 0. The minimum Gasteiger partial charge on any atom is -0.459 e. The van der Waals surface area contributed by atoms with Gasteiger partial charge in [-0.15, -0.1) is 0 Å². The monoisotopic (exact) mass is 838 g/mol. The predicted molar refractivity (Wildman–Crippen MR) is 211 cm³/mol. The molecule has 0 bridgehead atoms. The van der Waals surface area contributed by atoms with Crippen molar-refractivity contribution in [2.45, 2.75) is 101 Å². The zero-order valence-electron chi connectivity index (χ0n) is 33.9. The second kappa shape index (κ2) is 17.8. The SMILES string of the molecule is CC1(C)OCC([C@H]2O[C@@H]3OC(C)(C)OC3C2O[C@@H]2OC(COC(=O)c3ccccc3)[C@@H](OC(=O)c3ccccc3)C(OC(=O)c3ccccc3)C2OC(=O)c2ccccc2)O1. The third-order valence-electron chi connectivity index (χ3n) is 10.5. The highest BCUT2D eigenvalue weighted by molar-refractivity contribution is 5.91. The van der Waals surface area contributed by atoms with Crippen LogP contribution in [-0.2, 0) is 52.1 Å². The first-order valence-corrected chi connectivity index (χ1v) is 20.0. The molecule has 4 saturated heterocycles. The minimum absolute atomic E-state index is 0.130. The van der Waals surface area contributed by atoms with E-state index < -0.39 is 103 Å². The molecule has 4 fully saturated rings. The summed E-state index contributed by atoms with van der Waals surface area (Å²) in [5, 5.41) is 0. The quantitative estimate of drug-likeness (QED) is 0.126. The van der Waals surface area contributed by atoms with Crippen molar-refractivity contribution in [2.24, 2.45) is 0 Å². The minimum atomic E-state index is -1.64. The molecule has 0 radical (unpaired) electrons. The van der Waals surface area contributed by atoms with Crippen LogP contribution in [0.2, 0.25) is 0 Å². The van der Waals surface area contributed by atoms with Crippen molar-refractivity contribution in [1.29, 1.82) is 0 Å². The molecular weight excluding hydrogens is 792 g/mol. The molecule has 4 aromatic rings. The molecule has 15 heteroatoms. The maximum absolute atomic E-state index is 14.1. The van der Waals surface area contributed by atoms with E-state index in [1.807, 2.05) is 0 Å². The van der Waals surface area contributed by atoms with E-state index in [1.54, 1.807) is 125 Å². The van der Waals surface area contributed by atoms with E-state index in [0.717, 1.165) is 0 Å². The largest absolute Gasteiger partial charge is 0.459 e. The number of hydrogen-bond acceptors (Lipinski definition) is 15. The van der Waals surface area contributed by atoms with Gasteiger partial charge in [-0.3, -0.25) is 0 Å². The number of ether oxygens (including phenoxy) is 11. The summed E-state index contributed by atoms with van der Waals surface area (Å²) < 4.78 is 68.8. The lowest BCUT2D eigenvalue weighted by Crippen LogP contribution is -2.64. The Labute approximate surface area is 352 Å². The van der Waals surface area contributed by atoms with Gasteiger partial charge in [0.25, 0.3) is 0 Å². The summed E-state index contributed by atoms with van der Waals surface area (Å²) in [5.74, 6) is -5.25.